The van der Waals surface area contributed by atoms with E-state index >= 15 is 0 Å². The lowest BCUT2D eigenvalue weighted by atomic mass is 10.1. The average Bonchev–Trinajstić information content (AvgIpc) is 2.46. The Kier molecular flexibility index (Phi) is 5.36. The summed E-state index contributed by atoms with van der Waals surface area (Å²) >= 11 is 0. The molecule has 2 N–H and O–H groups in total. The summed E-state index contributed by atoms with van der Waals surface area (Å²) in [6, 6.07) is 11.8. The Labute approximate surface area is 135 Å². The van der Waals surface area contributed by atoms with Crippen molar-refractivity contribution in [2.75, 3.05) is 0 Å². The topological polar surface area (TPSA) is 71.2 Å². The summed E-state index contributed by atoms with van der Waals surface area (Å²) in [7, 11) is 0. The summed E-state index contributed by atoms with van der Waals surface area (Å²) in [5.41, 5.74) is 3.10. The predicted octanol–water partition coefficient (Wildman–Crippen LogP) is 3.03. The van der Waals surface area contributed by atoms with Gasteiger partial charge in [0.15, 0.2) is 0 Å². The number of rotatable bonds is 5. The van der Waals surface area contributed by atoms with Crippen LogP contribution in [0.15, 0.2) is 53.5 Å². The van der Waals surface area contributed by atoms with Crippen LogP contribution in [-0.4, -0.2) is 11.1 Å². The molecule has 0 bridgehead atoms. The minimum atomic E-state index is -0.621. The minimum Gasteiger partial charge on any atom is -0.416 e. The van der Waals surface area contributed by atoms with Gasteiger partial charge in [0.25, 0.3) is 5.56 Å². The van der Waals surface area contributed by atoms with E-state index in [1.807, 2.05) is 43.3 Å². The Morgan fingerprint density at radius 3 is 2.61 bits per heavy atom. The van der Waals surface area contributed by atoms with Gasteiger partial charge in [-0.2, -0.15) is 0 Å². The average molecular weight is 312 g/mol. The number of nitrogens with one attached hydrogen (secondary N) is 2. The van der Waals surface area contributed by atoms with Crippen molar-refractivity contribution in [1.29, 1.82) is 0 Å². The van der Waals surface area contributed by atoms with E-state index in [-0.39, 0.29) is 12.1 Å². The highest BCUT2D eigenvalue weighted by atomic mass is 16.6. The number of aromatic amines is 1. The van der Waals surface area contributed by atoms with Crippen LogP contribution in [0.1, 0.15) is 29.3 Å². The highest BCUT2D eigenvalue weighted by molar-refractivity contribution is 5.68. The van der Waals surface area contributed by atoms with Crippen molar-refractivity contribution in [3.63, 3.8) is 0 Å². The van der Waals surface area contributed by atoms with Gasteiger partial charge in [-0.1, -0.05) is 36.9 Å². The van der Waals surface area contributed by atoms with E-state index in [0.717, 1.165) is 16.8 Å². The van der Waals surface area contributed by atoms with Crippen LogP contribution >= 0.6 is 0 Å². The SMILES string of the molecule is C=C(C)OC(=O)NCc1c(C)cc(Cc2ccccc2)[nH]c1=O. The summed E-state index contributed by atoms with van der Waals surface area (Å²) in [4.78, 5) is 26.5. The summed E-state index contributed by atoms with van der Waals surface area (Å²) in [6.45, 7) is 7.03. The molecule has 120 valence electrons. The first-order chi connectivity index (χ1) is 11.0. The van der Waals surface area contributed by atoms with Crippen LogP contribution in [0.2, 0.25) is 0 Å². The molecule has 0 aliphatic rings. The van der Waals surface area contributed by atoms with Gasteiger partial charge < -0.3 is 15.0 Å². The zero-order valence-corrected chi connectivity index (χ0v) is 13.3. The number of ether oxygens (including phenoxy) is 1. The van der Waals surface area contributed by atoms with E-state index < -0.39 is 6.09 Å². The fourth-order valence-electron chi connectivity index (χ4n) is 2.27. The van der Waals surface area contributed by atoms with Gasteiger partial charge in [-0.25, -0.2) is 4.79 Å². The molecule has 1 heterocycles. The van der Waals surface area contributed by atoms with Gasteiger partial charge in [0, 0.05) is 17.7 Å². The molecule has 0 saturated carbocycles. The Balaban J connectivity index is 2.10. The number of benzene rings is 1. The number of aryl methyl sites for hydroxylation is 1. The van der Waals surface area contributed by atoms with Crippen molar-refractivity contribution >= 4 is 6.09 Å². The first-order valence-corrected chi connectivity index (χ1v) is 7.32. The predicted molar refractivity (Wildman–Crippen MR) is 89.2 cm³/mol. The molecule has 5 heteroatoms. The van der Waals surface area contributed by atoms with Gasteiger partial charge in [0.2, 0.25) is 0 Å². The van der Waals surface area contributed by atoms with Gasteiger partial charge in [0.05, 0.1) is 12.3 Å². The summed E-state index contributed by atoms with van der Waals surface area (Å²) in [5, 5.41) is 2.54. The molecule has 0 aliphatic carbocycles. The monoisotopic (exact) mass is 312 g/mol. The molecule has 0 spiro atoms. The molecular formula is C18H20N2O3. The maximum atomic E-state index is 12.2. The van der Waals surface area contributed by atoms with Gasteiger partial charge in [0.1, 0.15) is 0 Å². The maximum Gasteiger partial charge on any atom is 0.412 e. The Bertz CT molecular complexity index is 764. The van der Waals surface area contributed by atoms with Gasteiger partial charge in [-0.05, 0) is 31.0 Å². The zero-order valence-electron chi connectivity index (χ0n) is 13.3. The Morgan fingerprint density at radius 2 is 2.00 bits per heavy atom. The molecule has 0 radical (unpaired) electrons. The Hall–Kier alpha value is -2.82. The van der Waals surface area contributed by atoms with E-state index in [1.165, 1.54) is 0 Å². The van der Waals surface area contributed by atoms with E-state index in [9.17, 15) is 9.59 Å². The minimum absolute atomic E-state index is 0.110. The molecule has 1 amide bonds. The summed E-state index contributed by atoms with van der Waals surface area (Å²) in [5.74, 6) is 0.298. The number of pyridine rings is 1. The molecule has 1 aromatic carbocycles. The first kappa shape index (κ1) is 16.5. The van der Waals surface area contributed by atoms with Crippen LogP contribution in [0.25, 0.3) is 0 Å². The number of amides is 1. The molecule has 23 heavy (non-hydrogen) atoms. The van der Waals surface area contributed by atoms with Crippen LogP contribution in [0.3, 0.4) is 0 Å². The molecule has 1 aromatic heterocycles. The maximum absolute atomic E-state index is 12.2. The number of H-pyrrole nitrogens is 1. The second kappa shape index (κ2) is 7.45. The normalized spacial score (nSPS) is 10.2. The van der Waals surface area contributed by atoms with Crippen LogP contribution < -0.4 is 10.9 Å². The molecule has 2 rings (SSSR count). The standard InChI is InChI=1S/C18H20N2O3/c1-12(2)23-18(22)19-11-16-13(3)9-15(20-17(16)21)10-14-7-5-4-6-8-14/h4-9H,1,10-11H2,2-3H3,(H,19,22)(H,20,21). The van der Waals surface area contributed by atoms with Crippen LogP contribution in [0.4, 0.5) is 4.79 Å². The number of alkyl carbamates (subject to hydrolysis) is 1. The molecule has 0 unspecified atom stereocenters. The van der Waals surface area contributed by atoms with E-state index in [4.69, 9.17) is 4.74 Å². The third kappa shape index (κ3) is 4.85. The number of hydrogen-bond acceptors (Lipinski definition) is 3. The molecule has 0 atom stereocenters. The highest BCUT2D eigenvalue weighted by Crippen LogP contribution is 2.09. The van der Waals surface area contributed by atoms with Crippen molar-refractivity contribution < 1.29 is 9.53 Å². The van der Waals surface area contributed by atoms with Gasteiger partial charge >= 0.3 is 6.09 Å². The number of allylic oxidation sites excluding steroid dienone is 1. The number of carbonyl (C=O) groups excluding carboxylic acids is 1. The molecule has 0 fully saturated rings. The molecule has 2 aromatic rings. The second-order valence-electron chi connectivity index (χ2n) is 5.39. The van der Waals surface area contributed by atoms with Gasteiger partial charge in [-0.15, -0.1) is 0 Å². The van der Waals surface area contributed by atoms with Crippen molar-refractivity contribution in [3.8, 4) is 0 Å². The van der Waals surface area contributed by atoms with E-state index in [2.05, 4.69) is 16.9 Å². The lowest BCUT2D eigenvalue weighted by Crippen LogP contribution is -2.28. The van der Waals surface area contributed by atoms with Crippen LogP contribution in [0, 0.1) is 6.92 Å². The van der Waals surface area contributed by atoms with E-state index in [1.54, 1.807) is 6.92 Å². The highest BCUT2D eigenvalue weighted by Gasteiger charge is 2.09. The van der Waals surface area contributed by atoms with Crippen molar-refractivity contribution in [1.82, 2.24) is 10.3 Å². The van der Waals surface area contributed by atoms with Crippen molar-refractivity contribution in [3.05, 3.63) is 81.5 Å². The third-order valence-corrected chi connectivity index (χ3v) is 3.33. The number of hydrogen-bond donors (Lipinski definition) is 2. The van der Waals surface area contributed by atoms with E-state index in [0.29, 0.717) is 17.7 Å². The second-order valence-corrected chi connectivity index (χ2v) is 5.39. The number of aromatic nitrogens is 1. The van der Waals surface area contributed by atoms with Crippen LogP contribution in [0.5, 0.6) is 0 Å². The molecule has 0 saturated heterocycles. The molecular weight excluding hydrogens is 292 g/mol. The van der Waals surface area contributed by atoms with Crippen molar-refractivity contribution in [2.24, 2.45) is 0 Å². The van der Waals surface area contributed by atoms with Crippen molar-refractivity contribution in [2.45, 2.75) is 26.8 Å². The summed E-state index contributed by atoms with van der Waals surface area (Å²) < 4.78 is 4.80. The zero-order chi connectivity index (χ0) is 16.8. The fourth-order valence-corrected chi connectivity index (χ4v) is 2.27. The molecule has 5 nitrogen and oxygen atoms in total. The quantitative estimate of drug-likeness (QED) is 0.834. The van der Waals surface area contributed by atoms with Gasteiger partial charge in [-0.3, -0.25) is 4.79 Å². The lowest BCUT2D eigenvalue weighted by molar-refractivity contribution is 0.176. The smallest absolute Gasteiger partial charge is 0.412 e. The fraction of sp³-hybridized carbons (Fsp3) is 0.222. The summed E-state index contributed by atoms with van der Waals surface area (Å²) in [6.07, 6.45) is 0.0344. The number of carbonyl (C=O) groups is 1. The van der Waals surface area contributed by atoms with Crippen LogP contribution in [-0.2, 0) is 17.7 Å². The Morgan fingerprint density at radius 1 is 1.30 bits per heavy atom. The third-order valence-electron chi connectivity index (χ3n) is 3.33. The largest absolute Gasteiger partial charge is 0.416 e. The lowest BCUT2D eigenvalue weighted by Gasteiger charge is -2.10. The first-order valence-electron chi connectivity index (χ1n) is 7.32. The molecule has 0 aliphatic heterocycles.